The lowest BCUT2D eigenvalue weighted by Crippen LogP contribution is -2.30. The molecular formula is C21H30N4O2. The number of benzene rings is 1. The molecule has 0 radical (unpaired) electrons. The molecule has 1 aliphatic rings. The number of H-pyrrole nitrogens is 1. The summed E-state index contributed by atoms with van der Waals surface area (Å²) < 4.78 is 5.16. The van der Waals surface area contributed by atoms with Crippen LogP contribution in [-0.4, -0.2) is 47.7 Å². The molecule has 2 heterocycles. The Morgan fingerprint density at radius 1 is 1.15 bits per heavy atom. The van der Waals surface area contributed by atoms with Crippen molar-refractivity contribution in [2.45, 2.75) is 44.9 Å². The van der Waals surface area contributed by atoms with Crippen molar-refractivity contribution in [1.29, 1.82) is 0 Å². The molecule has 0 unspecified atom stereocenters. The van der Waals surface area contributed by atoms with Crippen LogP contribution in [0.1, 0.15) is 44.9 Å². The molecule has 1 saturated heterocycles. The standard InChI is InChI=1S/C21H30N4O2/c1-27-18-11-9-17(10-12-18)19-16-20(24-23-19)22-21(26)8-4-2-5-13-25-14-6-3-7-15-25/h9-12,16H,2-8,13-15H2,1H3,(H2,22,23,24,26). The van der Waals surface area contributed by atoms with E-state index in [0.717, 1.165) is 29.8 Å². The summed E-state index contributed by atoms with van der Waals surface area (Å²) in [5.41, 5.74) is 1.78. The van der Waals surface area contributed by atoms with E-state index in [1.54, 1.807) is 7.11 Å². The molecule has 6 nitrogen and oxygen atoms in total. The van der Waals surface area contributed by atoms with E-state index < -0.39 is 0 Å². The van der Waals surface area contributed by atoms with Crippen molar-refractivity contribution in [2.75, 3.05) is 32.1 Å². The molecule has 27 heavy (non-hydrogen) atoms. The van der Waals surface area contributed by atoms with Crippen molar-refractivity contribution in [3.05, 3.63) is 30.3 Å². The maximum absolute atomic E-state index is 12.1. The fourth-order valence-electron chi connectivity index (χ4n) is 3.49. The van der Waals surface area contributed by atoms with Gasteiger partial charge in [0, 0.05) is 18.1 Å². The summed E-state index contributed by atoms with van der Waals surface area (Å²) in [4.78, 5) is 14.7. The van der Waals surface area contributed by atoms with Crippen LogP contribution in [-0.2, 0) is 4.79 Å². The average Bonchev–Trinajstić information content (AvgIpc) is 3.17. The Kier molecular flexibility index (Phi) is 7.27. The third kappa shape index (κ3) is 6.10. The summed E-state index contributed by atoms with van der Waals surface area (Å²) in [5, 5.41) is 10.1. The van der Waals surface area contributed by atoms with Crippen LogP contribution in [0.15, 0.2) is 30.3 Å². The van der Waals surface area contributed by atoms with Crippen LogP contribution in [0.4, 0.5) is 5.82 Å². The molecule has 1 aromatic carbocycles. The van der Waals surface area contributed by atoms with Gasteiger partial charge in [-0.3, -0.25) is 9.89 Å². The molecule has 0 bridgehead atoms. The largest absolute Gasteiger partial charge is 0.497 e. The highest BCUT2D eigenvalue weighted by molar-refractivity contribution is 5.90. The minimum Gasteiger partial charge on any atom is -0.497 e. The Morgan fingerprint density at radius 2 is 1.93 bits per heavy atom. The first-order chi connectivity index (χ1) is 13.2. The lowest BCUT2D eigenvalue weighted by Gasteiger charge is -2.26. The van der Waals surface area contributed by atoms with Gasteiger partial charge in [-0.25, -0.2) is 0 Å². The molecule has 1 fully saturated rings. The van der Waals surface area contributed by atoms with Crippen LogP contribution < -0.4 is 10.1 Å². The number of carbonyl (C=O) groups excluding carboxylic acids is 1. The second kappa shape index (κ2) is 10.1. The van der Waals surface area contributed by atoms with Gasteiger partial charge in [0.15, 0.2) is 0 Å². The van der Waals surface area contributed by atoms with Gasteiger partial charge in [-0.05, 0) is 69.6 Å². The maximum Gasteiger partial charge on any atom is 0.225 e. The van der Waals surface area contributed by atoms with Crippen LogP contribution in [0.5, 0.6) is 5.75 Å². The first kappa shape index (κ1) is 19.4. The molecule has 0 spiro atoms. The third-order valence-corrected chi connectivity index (χ3v) is 5.06. The van der Waals surface area contributed by atoms with E-state index in [0.29, 0.717) is 12.2 Å². The van der Waals surface area contributed by atoms with Gasteiger partial charge < -0.3 is 15.0 Å². The Morgan fingerprint density at radius 3 is 2.67 bits per heavy atom. The second-order valence-electron chi connectivity index (χ2n) is 7.16. The molecule has 6 heteroatoms. The summed E-state index contributed by atoms with van der Waals surface area (Å²) in [6.45, 7) is 3.67. The molecule has 2 N–H and O–H groups in total. The smallest absolute Gasteiger partial charge is 0.225 e. The highest BCUT2D eigenvalue weighted by Gasteiger charge is 2.10. The predicted octanol–water partition coefficient (Wildman–Crippen LogP) is 4.07. The summed E-state index contributed by atoms with van der Waals surface area (Å²) in [6, 6.07) is 9.54. The first-order valence-corrected chi connectivity index (χ1v) is 9.96. The van der Waals surface area contributed by atoms with E-state index in [1.807, 2.05) is 30.3 Å². The Hall–Kier alpha value is -2.34. The topological polar surface area (TPSA) is 70.2 Å². The molecule has 1 amide bonds. The van der Waals surface area contributed by atoms with Crippen LogP contribution >= 0.6 is 0 Å². The number of rotatable bonds is 9. The first-order valence-electron chi connectivity index (χ1n) is 9.96. The van der Waals surface area contributed by atoms with E-state index in [4.69, 9.17) is 4.74 Å². The molecule has 0 aliphatic carbocycles. The van der Waals surface area contributed by atoms with Gasteiger partial charge in [0.25, 0.3) is 0 Å². The molecule has 3 rings (SSSR count). The quantitative estimate of drug-likeness (QED) is 0.653. The minimum atomic E-state index is 0.0397. The monoisotopic (exact) mass is 370 g/mol. The number of unbranched alkanes of at least 4 members (excludes halogenated alkanes) is 2. The van der Waals surface area contributed by atoms with Crippen molar-refractivity contribution in [2.24, 2.45) is 0 Å². The lowest BCUT2D eigenvalue weighted by molar-refractivity contribution is -0.116. The van der Waals surface area contributed by atoms with Crippen molar-refractivity contribution in [3.63, 3.8) is 0 Å². The van der Waals surface area contributed by atoms with Crippen molar-refractivity contribution < 1.29 is 9.53 Å². The number of ether oxygens (including phenoxy) is 1. The van der Waals surface area contributed by atoms with Gasteiger partial charge in [-0.1, -0.05) is 12.8 Å². The molecule has 1 aromatic heterocycles. The predicted molar refractivity (Wildman–Crippen MR) is 108 cm³/mol. The molecule has 1 aliphatic heterocycles. The lowest BCUT2D eigenvalue weighted by atomic mass is 10.1. The fraction of sp³-hybridized carbons (Fsp3) is 0.524. The number of likely N-dealkylation sites (tertiary alicyclic amines) is 1. The summed E-state index contributed by atoms with van der Waals surface area (Å²) in [6.07, 6.45) is 7.82. The Balaban J connectivity index is 1.36. The number of methoxy groups -OCH3 is 1. The molecule has 146 valence electrons. The van der Waals surface area contributed by atoms with Gasteiger partial charge >= 0.3 is 0 Å². The number of nitrogens with one attached hydrogen (secondary N) is 2. The zero-order valence-electron chi connectivity index (χ0n) is 16.2. The number of aromatic nitrogens is 2. The van der Waals surface area contributed by atoms with E-state index in [-0.39, 0.29) is 5.91 Å². The fourth-order valence-corrected chi connectivity index (χ4v) is 3.49. The van der Waals surface area contributed by atoms with Crippen molar-refractivity contribution in [1.82, 2.24) is 15.1 Å². The van der Waals surface area contributed by atoms with Gasteiger partial charge in [0.1, 0.15) is 11.6 Å². The number of aromatic amines is 1. The Labute approximate surface area is 161 Å². The molecule has 0 atom stereocenters. The Bertz CT molecular complexity index is 705. The van der Waals surface area contributed by atoms with E-state index >= 15 is 0 Å². The maximum atomic E-state index is 12.1. The van der Waals surface area contributed by atoms with Gasteiger partial charge in [-0.15, -0.1) is 0 Å². The van der Waals surface area contributed by atoms with E-state index in [1.165, 1.54) is 45.3 Å². The van der Waals surface area contributed by atoms with Crippen molar-refractivity contribution >= 4 is 11.7 Å². The molecule has 0 saturated carbocycles. The average molecular weight is 370 g/mol. The van der Waals surface area contributed by atoms with Gasteiger partial charge in [0.05, 0.1) is 12.8 Å². The van der Waals surface area contributed by atoms with Crippen LogP contribution in [0.25, 0.3) is 11.3 Å². The number of hydrogen-bond acceptors (Lipinski definition) is 4. The number of amides is 1. The number of anilines is 1. The van der Waals surface area contributed by atoms with Crippen LogP contribution in [0.3, 0.4) is 0 Å². The zero-order chi connectivity index (χ0) is 18.9. The highest BCUT2D eigenvalue weighted by atomic mass is 16.5. The van der Waals surface area contributed by atoms with Gasteiger partial charge in [0.2, 0.25) is 5.91 Å². The third-order valence-electron chi connectivity index (χ3n) is 5.06. The summed E-state index contributed by atoms with van der Waals surface area (Å²) in [5.74, 6) is 1.49. The number of nitrogens with zero attached hydrogens (tertiary/aromatic N) is 2. The second-order valence-corrected chi connectivity index (χ2v) is 7.16. The highest BCUT2D eigenvalue weighted by Crippen LogP contribution is 2.22. The van der Waals surface area contributed by atoms with Crippen LogP contribution in [0.2, 0.25) is 0 Å². The summed E-state index contributed by atoms with van der Waals surface area (Å²) >= 11 is 0. The normalized spacial score (nSPS) is 14.9. The summed E-state index contributed by atoms with van der Waals surface area (Å²) in [7, 11) is 1.64. The van der Waals surface area contributed by atoms with Crippen LogP contribution in [0, 0.1) is 0 Å². The minimum absolute atomic E-state index is 0.0397. The van der Waals surface area contributed by atoms with Crippen molar-refractivity contribution in [3.8, 4) is 17.0 Å². The zero-order valence-corrected chi connectivity index (χ0v) is 16.2. The van der Waals surface area contributed by atoms with Gasteiger partial charge in [-0.2, -0.15) is 5.10 Å². The number of carbonyl (C=O) groups is 1. The number of piperidine rings is 1. The SMILES string of the molecule is COc1ccc(-c2cc(NC(=O)CCCCCN3CCCCC3)[nH]n2)cc1. The molecular weight excluding hydrogens is 340 g/mol. The number of hydrogen-bond donors (Lipinski definition) is 2. The molecule has 2 aromatic rings. The van der Waals surface area contributed by atoms with E-state index in [9.17, 15) is 4.79 Å². The van der Waals surface area contributed by atoms with E-state index in [2.05, 4.69) is 20.4 Å².